The molecule has 1 aromatic rings. The molecule has 0 fully saturated rings. The molecule has 0 saturated carbocycles. The Morgan fingerprint density at radius 1 is 1.65 bits per heavy atom. The lowest BCUT2D eigenvalue weighted by Gasteiger charge is -2.19. The Hall–Kier alpha value is -1.78. The predicted molar refractivity (Wildman–Crippen MR) is 66.6 cm³/mol. The van der Waals surface area contributed by atoms with Gasteiger partial charge < -0.3 is 11.1 Å². The molecule has 92 valence electrons. The minimum absolute atomic E-state index is 0.123. The summed E-state index contributed by atoms with van der Waals surface area (Å²) in [6, 6.07) is 0.215. The number of aromatic nitrogens is 2. The van der Waals surface area contributed by atoms with Gasteiger partial charge in [-0.25, -0.2) is 0 Å². The number of allylic oxidation sites excluding steroid dienone is 1. The van der Waals surface area contributed by atoms with Crippen LogP contribution in [0.5, 0.6) is 0 Å². The third-order valence-corrected chi connectivity index (χ3v) is 2.99. The summed E-state index contributed by atoms with van der Waals surface area (Å²) in [5.41, 5.74) is 6.68. The normalized spacial score (nSPS) is 19.2. The summed E-state index contributed by atoms with van der Waals surface area (Å²) in [7, 11) is 0. The zero-order valence-electron chi connectivity index (χ0n) is 10.0. The predicted octanol–water partition coefficient (Wildman–Crippen LogP) is 1.32. The number of carbonyl (C=O) groups excluding carboxylic acids is 1. The average molecular weight is 234 g/mol. The lowest BCUT2D eigenvalue weighted by atomic mass is 10.0. The quantitative estimate of drug-likeness (QED) is 0.775. The van der Waals surface area contributed by atoms with Crippen LogP contribution in [0.15, 0.2) is 18.3 Å². The van der Waals surface area contributed by atoms with Crippen LogP contribution in [0.1, 0.15) is 36.7 Å². The number of nitrogens with one attached hydrogen (secondary N) is 1. The molecule has 0 spiro atoms. The van der Waals surface area contributed by atoms with Crippen molar-refractivity contribution >= 4 is 11.6 Å². The van der Waals surface area contributed by atoms with Gasteiger partial charge in [-0.1, -0.05) is 12.2 Å². The number of nitrogens with zero attached hydrogens (tertiary/aromatic N) is 2. The maximum Gasteiger partial charge on any atom is 0.271 e. The van der Waals surface area contributed by atoms with E-state index in [9.17, 15) is 4.79 Å². The van der Waals surface area contributed by atoms with Crippen molar-refractivity contribution in [2.24, 2.45) is 0 Å². The summed E-state index contributed by atoms with van der Waals surface area (Å²) in [5.74, 6) is -0.123. The van der Waals surface area contributed by atoms with Crippen LogP contribution in [0.2, 0.25) is 0 Å². The van der Waals surface area contributed by atoms with E-state index in [1.54, 1.807) is 4.68 Å². The first-order valence-electron chi connectivity index (χ1n) is 5.99. The molecule has 1 amide bonds. The first kappa shape index (κ1) is 11.7. The Morgan fingerprint density at radius 3 is 3.12 bits per heavy atom. The highest BCUT2D eigenvalue weighted by Crippen LogP contribution is 2.14. The van der Waals surface area contributed by atoms with Gasteiger partial charge in [0.1, 0.15) is 5.69 Å². The molecule has 0 bridgehead atoms. The molecule has 3 N–H and O–H groups in total. The molecule has 1 aliphatic rings. The Kier molecular flexibility index (Phi) is 3.46. The monoisotopic (exact) mass is 234 g/mol. The lowest BCUT2D eigenvalue weighted by molar-refractivity contribution is 0.0925. The van der Waals surface area contributed by atoms with Crippen LogP contribution in [-0.2, 0) is 6.54 Å². The molecular formula is C12H18N4O. The maximum atomic E-state index is 12.1. The van der Waals surface area contributed by atoms with Crippen LogP contribution in [0, 0.1) is 0 Å². The van der Waals surface area contributed by atoms with Crippen molar-refractivity contribution in [3.8, 4) is 0 Å². The SMILES string of the molecule is CCn1ncc(N)c1C(=O)NC1CC=CCC1. The highest BCUT2D eigenvalue weighted by Gasteiger charge is 2.19. The Labute approximate surface area is 101 Å². The van der Waals surface area contributed by atoms with Crippen LogP contribution >= 0.6 is 0 Å². The van der Waals surface area contributed by atoms with Crippen molar-refractivity contribution in [1.29, 1.82) is 0 Å². The van der Waals surface area contributed by atoms with E-state index in [0.29, 0.717) is 17.9 Å². The van der Waals surface area contributed by atoms with E-state index < -0.39 is 0 Å². The van der Waals surface area contributed by atoms with Crippen LogP contribution in [0.3, 0.4) is 0 Å². The molecule has 17 heavy (non-hydrogen) atoms. The van der Waals surface area contributed by atoms with E-state index in [-0.39, 0.29) is 11.9 Å². The van der Waals surface area contributed by atoms with E-state index in [0.717, 1.165) is 19.3 Å². The summed E-state index contributed by atoms with van der Waals surface area (Å²) < 4.78 is 1.63. The van der Waals surface area contributed by atoms with Gasteiger partial charge in [-0.15, -0.1) is 0 Å². The number of aryl methyl sites for hydroxylation is 1. The van der Waals surface area contributed by atoms with Gasteiger partial charge in [0.05, 0.1) is 11.9 Å². The zero-order valence-corrected chi connectivity index (χ0v) is 10.0. The van der Waals surface area contributed by atoms with Crippen LogP contribution < -0.4 is 11.1 Å². The summed E-state index contributed by atoms with van der Waals surface area (Å²) in [5, 5.41) is 7.07. The fourth-order valence-corrected chi connectivity index (χ4v) is 2.07. The van der Waals surface area contributed by atoms with Crippen molar-refractivity contribution in [2.75, 3.05) is 5.73 Å². The number of carbonyl (C=O) groups is 1. The number of rotatable bonds is 3. The summed E-state index contributed by atoms with van der Waals surface area (Å²) >= 11 is 0. The van der Waals surface area contributed by atoms with Gasteiger partial charge in [-0.05, 0) is 26.2 Å². The molecule has 0 radical (unpaired) electrons. The van der Waals surface area contributed by atoms with Gasteiger partial charge in [-0.3, -0.25) is 9.48 Å². The largest absolute Gasteiger partial charge is 0.396 e. The highest BCUT2D eigenvalue weighted by molar-refractivity contribution is 5.97. The third-order valence-electron chi connectivity index (χ3n) is 2.99. The van der Waals surface area contributed by atoms with Crippen LogP contribution in [0.4, 0.5) is 5.69 Å². The lowest BCUT2D eigenvalue weighted by Crippen LogP contribution is -2.36. The van der Waals surface area contributed by atoms with E-state index in [2.05, 4.69) is 22.6 Å². The second-order valence-corrected chi connectivity index (χ2v) is 4.22. The van der Waals surface area contributed by atoms with Crippen molar-refractivity contribution in [2.45, 2.75) is 38.8 Å². The summed E-state index contributed by atoms with van der Waals surface area (Å²) in [6.07, 6.45) is 8.68. The molecule has 5 heteroatoms. The topological polar surface area (TPSA) is 72.9 Å². The minimum atomic E-state index is -0.123. The number of nitrogen functional groups attached to an aromatic ring is 1. The molecule has 0 aliphatic heterocycles. The van der Waals surface area contributed by atoms with Crippen molar-refractivity contribution < 1.29 is 4.79 Å². The molecule has 1 aromatic heterocycles. The molecular weight excluding hydrogens is 216 g/mol. The molecule has 5 nitrogen and oxygen atoms in total. The van der Waals surface area contributed by atoms with Crippen LogP contribution in [0.25, 0.3) is 0 Å². The number of amides is 1. The average Bonchev–Trinajstić information content (AvgIpc) is 2.71. The fourth-order valence-electron chi connectivity index (χ4n) is 2.07. The third kappa shape index (κ3) is 2.49. The Bertz CT molecular complexity index is 436. The molecule has 0 saturated heterocycles. The van der Waals surface area contributed by atoms with E-state index in [1.807, 2.05) is 6.92 Å². The molecule has 1 unspecified atom stereocenters. The van der Waals surface area contributed by atoms with Crippen LogP contribution in [-0.4, -0.2) is 21.7 Å². The summed E-state index contributed by atoms with van der Waals surface area (Å²) in [4.78, 5) is 12.1. The molecule has 1 atom stereocenters. The van der Waals surface area contributed by atoms with Crippen molar-refractivity contribution in [3.63, 3.8) is 0 Å². The molecule has 1 aliphatic carbocycles. The summed E-state index contributed by atoms with van der Waals surface area (Å²) in [6.45, 7) is 2.58. The number of nitrogens with two attached hydrogens (primary N) is 1. The Balaban J connectivity index is 2.08. The molecule has 1 heterocycles. The van der Waals surface area contributed by atoms with Gasteiger partial charge in [0.25, 0.3) is 5.91 Å². The second-order valence-electron chi connectivity index (χ2n) is 4.22. The van der Waals surface area contributed by atoms with E-state index >= 15 is 0 Å². The minimum Gasteiger partial charge on any atom is -0.396 e. The van der Waals surface area contributed by atoms with E-state index in [1.165, 1.54) is 6.20 Å². The number of hydrogen-bond acceptors (Lipinski definition) is 3. The molecule has 2 rings (SSSR count). The fraction of sp³-hybridized carbons (Fsp3) is 0.500. The first-order valence-corrected chi connectivity index (χ1v) is 5.99. The number of hydrogen-bond donors (Lipinski definition) is 2. The van der Waals surface area contributed by atoms with E-state index in [4.69, 9.17) is 5.73 Å². The highest BCUT2D eigenvalue weighted by atomic mass is 16.2. The molecule has 0 aromatic carbocycles. The maximum absolute atomic E-state index is 12.1. The van der Waals surface area contributed by atoms with Crippen molar-refractivity contribution in [1.82, 2.24) is 15.1 Å². The second kappa shape index (κ2) is 5.03. The van der Waals surface area contributed by atoms with Gasteiger partial charge in [0.15, 0.2) is 0 Å². The van der Waals surface area contributed by atoms with Gasteiger partial charge in [0, 0.05) is 12.6 Å². The van der Waals surface area contributed by atoms with Gasteiger partial charge in [0.2, 0.25) is 0 Å². The van der Waals surface area contributed by atoms with Gasteiger partial charge in [-0.2, -0.15) is 5.10 Å². The zero-order chi connectivity index (χ0) is 12.3. The standard InChI is InChI=1S/C12H18N4O/c1-2-16-11(10(13)8-14-16)12(17)15-9-6-4-3-5-7-9/h3-4,8-9H,2,5-7,13H2,1H3,(H,15,17). The van der Waals surface area contributed by atoms with Crippen molar-refractivity contribution in [3.05, 3.63) is 24.0 Å². The first-order chi connectivity index (χ1) is 8.22. The Morgan fingerprint density at radius 2 is 2.47 bits per heavy atom. The number of anilines is 1. The smallest absolute Gasteiger partial charge is 0.271 e. The van der Waals surface area contributed by atoms with Gasteiger partial charge >= 0.3 is 0 Å².